The van der Waals surface area contributed by atoms with Gasteiger partial charge in [-0.25, -0.2) is 4.79 Å². The maximum absolute atomic E-state index is 11.7. The maximum atomic E-state index is 11.7. The highest BCUT2D eigenvalue weighted by Crippen LogP contribution is 2.16. The lowest BCUT2D eigenvalue weighted by Gasteiger charge is -2.07. The molecule has 0 aromatic heterocycles. The second-order valence-electron chi connectivity index (χ2n) is 6.29. The van der Waals surface area contributed by atoms with E-state index in [4.69, 9.17) is 9.57 Å². The van der Waals surface area contributed by atoms with E-state index in [0.717, 1.165) is 24.3 Å². The summed E-state index contributed by atoms with van der Waals surface area (Å²) in [4.78, 5) is 16.5. The molecule has 2 rings (SSSR count). The third kappa shape index (κ3) is 8.90. The lowest BCUT2D eigenvalue weighted by molar-refractivity contribution is 0.167. The van der Waals surface area contributed by atoms with E-state index in [1.54, 1.807) is 12.1 Å². The lowest BCUT2D eigenvalue weighted by atomic mass is 10.1. The number of unbranched alkanes of at least 4 members (excludes halogenated alkanes) is 5. The van der Waals surface area contributed by atoms with E-state index in [1.165, 1.54) is 38.3 Å². The summed E-state index contributed by atoms with van der Waals surface area (Å²) >= 11 is 0. The number of nitrogens with one attached hydrogen (secondary N) is 1. The van der Waals surface area contributed by atoms with Crippen LogP contribution in [0.3, 0.4) is 0 Å². The Bertz CT molecular complexity index is 684. The number of carbonyl (C=O) groups is 1. The largest absolute Gasteiger partial charge is 0.494 e. The zero-order valence-corrected chi connectivity index (χ0v) is 15.9. The number of nitrogens with zero attached hydrogens (tertiary/aromatic N) is 1. The summed E-state index contributed by atoms with van der Waals surface area (Å²) in [5, 5.41) is 6.29. The van der Waals surface area contributed by atoms with Gasteiger partial charge < -0.3 is 4.74 Å². The monoisotopic (exact) mass is 368 g/mol. The number of anilines is 1. The Labute approximate surface area is 161 Å². The predicted octanol–water partition coefficient (Wildman–Crippen LogP) is 6.01. The van der Waals surface area contributed by atoms with Gasteiger partial charge in [0.25, 0.3) is 0 Å². The molecule has 0 aliphatic carbocycles. The first-order valence-electron chi connectivity index (χ1n) is 9.57. The van der Waals surface area contributed by atoms with Gasteiger partial charge in [-0.3, -0.25) is 10.2 Å². The molecule has 1 N–H and O–H groups in total. The molecule has 0 saturated carbocycles. The molecule has 1 amide bonds. The van der Waals surface area contributed by atoms with Crippen LogP contribution < -0.4 is 10.1 Å². The predicted molar refractivity (Wildman–Crippen MR) is 109 cm³/mol. The van der Waals surface area contributed by atoms with Crippen LogP contribution in [0.5, 0.6) is 5.75 Å². The Morgan fingerprint density at radius 3 is 2.41 bits per heavy atom. The van der Waals surface area contributed by atoms with Crippen molar-refractivity contribution in [2.24, 2.45) is 5.16 Å². The Kier molecular flexibility index (Phi) is 9.50. The summed E-state index contributed by atoms with van der Waals surface area (Å²) in [6.45, 7) is 2.94. The second-order valence-corrected chi connectivity index (χ2v) is 6.29. The average molecular weight is 368 g/mol. The van der Waals surface area contributed by atoms with Crippen molar-refractivity contribution in [1.29, 1.82) is 0 Å². The molecule has 0 fully saturated rings. The van der Waals surface area contributed by atoms with Crippen LogP contribution in [0, 0.1) is 0 Å². The van der Waals surface area contributed by atoms with Crippen molar-refractivity contribution >= 4 is 18.0 Å². The number of carbonyl (C=O) groups excluding carboxylic acids is 1. The molecule has 0 heterocycles. The summed E-state index contributed by atoms with van der Waals surface area (Å²) in [6, 6.07) is 16.6. The van der Waals surface area contributed by atoms with Crippen molar-refractivity contribution in [3.05, 3.63) is 60.2 Å². The number of hydrogen-bond donors (Lipinski definition) is 1. The van der Waals surface area contributed by atoms with Crippen LogP contribution in [0.2, 0.25) is 0 Å². The molecule has 144 valence electrons. The SMILES string of the molecule is CCCCCCCCOc1ccc(NC(=O)ON=Cc2ccccc2)cc1. The van der Waals surface area contributed by atoms with Crippen LogP contribution >= 0.6 is 0 Å². The highest BCUT2D eigenvalue weighted by molar-refractivity contribution is 5.85. The molecule has 0 spiro atoms. The summed E-state index contributed by atoms with van der Waals surface area (Å²) in [5.74, 6) is 0.796. The van der Waals surface area contributed by atoms with Crippen LogP contribution in [0.25, 0.3) is 0 Å². The van der Waals surface area contributed by atoms with Crippen LogP contribution in [0.15, 0.2) is 59.8 Å². The molecule has 0 saturated heterocycles. The molecule has 0 bridgehead atoms. The van der Waals surface area contributed by atoms with Crippen LogP contribution in [0.4, 0.5) is 10.5 Å². The summed E-state index contributed by atoms with van der Waals surface area (Å²) in [7, 11) is 0. The number of benzene rings is 2. The normalized spacial score (nSPS) is 10.7. The molecule has 0 aliphatic rings. The molecular formula is C22H28N2O3. The molecule has 5 heteroatoms. The number of amides is 1. The first kappa shape index (κ1) is 20.5. The van der Waals surface area contributed by atoms with Crippen LogP contribution in [-0.2, 0) is 4.84 Å². The highest BCUT2D eigenvalue weighted by atomic mass is 16.7. The average Bonchev–Trinajstić information content (AvgIpc) is 2.69. The third-order valence-corrected chi connectivity index (χ3v) is 4.00. The van der Waals surface area contributed by atoms with E-state index in [9.17, 15) is 4.79 Å². The van der Waals surface area contributed by atoms with E-state index in [1.807, 2.05) is 42.5 Å². The first-order chi connectivity index (χ1) is 13.3. The van der Waals surface area contributed by atoms with Gasteiger partial charge in [0.15, 0.2) is 0 Å². The molecule has 0 unspecified atom stereocenters. The lowest BCUT2D eigenvalue weighted by Crippen LogP contribution is -2.10. The van der Waals surface area contributed by atoms with Crippen molar-refractivity contribution in [2.45, 2.75) is 45.4 Å². The van der Waals surface area contributed by atoms with Crippen molar-refractivity contribution in [3.8, 4) is 5.75 Å². The first-order valence-corrected chi connectivity index (χ1v) is 9.57. The van der Waals surface area contributed by atoms with E-state index in [2.05, 4.69) is 17.4 Å². The Hall–Kier alpha value is -2.82. The fourth-order valence-electron chi connectivity index (χ4n) is 2.52. The smallest absolute Gasteiger partial charge is 0.437 e. The Morgan fingerprint density at radius 1 is 0.963 bits per heavy atom. The minimum Gasteiger partial charge on any atom is -0.494 e. The molecular weight excluding hydrogens is 340 g/mol. The Morgan fingerprint density at radius 2 is 1.67 bits per heavy atom. The van der Waals surface area contributed by atoms with Crippen molar-refractivity contribution in [2.75, 3.05) is 11.9 Å². The fraction of sp³-hybridized carbons (Fsp3) is 0.364. The van der Waals surface area contributed by atoms with Gasteiger partial charge in [0.05, 0.1) is 12.8 Å². The quantitative estimate of drug-likeness (QED) is 0.229. The van der Waals surface area contributed by atoms with Crippen molar-refractivity contribution < 1.29 is 14.4 Å². The number of rotatable bonds is 11. The van der Waals surface area contributed by atoms with Gasteiger partial charge in [-0.05, 0) is 36.2 Å². The van der Waals surface area contributed by atoms with Crippen molar-refractivity contribution in [3.63, 3.8) is 0 Å². The van der Waals surface area contributed by atoms with E-state index < -0.39 is 6.09 Å². The molecule has 27 heavy (non-hydrogen) atoms. The summed E-state index contributed by atoms with van der Waals surface area (Å²) in [6.07, 6.45) is 8.28. The van der Waals surface area contributed by atoms with E-state index >= 15 is 0 Å². The summed E-state index contributed by atoms with van der Waals surface area (Å²) < 4.78 is 5.72. The number of ether oxygens (including phenoxy) is 1. The standard InChI is InChI=1S/C22H28N2O3/c1-2-3-4-5-6-10-17-26-21-15-13-20(14-16-21)24-22(25)27-23-18-19-11-8-7-9-12-19/h7-9,11-16,18H,2-6,10,17H2,1H3,(H,24,25). The van der Waals surface area contributed by atoms with Gasteiger partial charge in [-0.2, -0.15) is 0 Å². The molecule has 0 radical (unpaired) electrons. The van der Waals surface area contributed by atoms with E-state index in [-0.39, 0.29) is 0 Å². The van der Waals surface area contributed by atoms with Gasteiger partial charge >= 0.3 is 6.09 Å². The highest BCUT2D eigenvalue weighted by Gasteiger charge is 2.03. The van der Waals surface area contributed by atoms with Gasteiger partial charge in [-0.1, -0.05) is 74.5 Å². The topological polar surface area (TPSA) is 59.9 Å². The summed E-state index contributed by atoms with van der Waals surface area (Å²) in [5.41, 5.74) is 1.49. The van der Waals surface area contributed by atoms with Crippen LogP contribution in [0.1, 0.15) is 51.0 Å². The minimum absolute atomic E-state index is 0.627. The molecule has 2 aromatic carbocycles. The van der Waals surface area contributed by atoms with Gasteiger partial charge in [0.1, 0.15) is 5.75 Å². The van der Waals surface area contributed by atoms with Crippen molar-refractivity contribution in [1.82, 2.24) is 0 Å². The molecule has 0 atom stereocenters. The molecule has 5 nitrogen and oxygen atoms in total. The number of hydrogen-bond acceptors (Lipinski definition) is 4. The molecule has 0 aliphatic heterocycles. The molecule has 2 aromatic rings. The second kappa shape index (κ2) is 12.5. The van der Waals surface area contributed by atoms with Gasteiger partial charge in [-0.15, -0.1) is 0 Å². The van der Waals surface area contributed by atoms with Gasteiger partial charge in [0, 0.05) is 5.69 Å². The zero-order chi connectivity index (χ0) is 19.2. The van der Waals surface area contributed by atoms with Gasteiger partial charge in [0.2, 0.25) is 0 Å². The zero-order valence-electron chi connectivity index (χ0n) is 15.9. The number of oxime groups is 1. The maximum Gasteiger partial charge on any atom is 0.437 e. The Balaban J connectivity index is 1.64. The van der Waals surface area contributed by atoms with E-state index in [0.29, 0.717) is 5.69 Å². The van der Waals surface area contributed by atoms with Crippen LogP contribution in [-0.4, -0.2) is 18.9 Å². The third-order valence-electron chi connectivity index (χ3n) is 4.00. The minimum atomic E-state index is -0.636. The fourth-order valence-corrected chi connectivity index (χ4v) is 2.52.